The van der Waals surface area contributed by atoms with Crippen molar-refractivity contribution in [2.24, 2.45) is 0 Å². The van der Waals surface area contributed by atoms with Gasteiger partial charge in [-0.25, -0.2) is 4.98 Å². The first-order chi connectivity index (χ1) is 13.2. The summed E-state index contributed by atoms with van der Waals surface area (Å²) in [6.07, 6.45) is 1.57. The van der Waals surface area contributed by atoms with Crippen molar-refractivity contribution in [2.75, 3.05) is 5.32 Å². The second kappa shape index (κ2) is 7.64. The summed E-state index contributed by atoms with van der Waals surface area (Å²) in [4.78, 5) is 17.0. The molecule has 0 aliphatic carbocycles. The van der Waals surface area contributed by atoms with Crippen LogP contribution in [-0.4, -0.2) is 10.9 Å². The summed E-state index contributed by atoms with van der Waals surface area (Å²) >= 11 is 5.95. The molecule has 1 N–H and O–H groups in total. The summed E-state index contributed by atoms with van der Waals surface area (Å²) < 4.78 is 5.84. The van der Waals surface area contributed by atoms with Crippen LogP contribution < -0.4 is 5.32 Å². The van der Waals surface area contributed by atoms with Crippen molar-refractivity contribution in [1.29, 1.82) is 0 Å². The Morgan fingerprint density at radius 1 is 0.963 bits per heavy atom. The number of halogens is 1. The molecule has 0 saturated heterocycles. The van der Waals surface area contributed by atoms with Crippen LogP contribution in [0.3, 0.4) is 0 Å². The van der Waals surface area contributed by atoms with Gasteiger partial charge < -0.3 is 9.73 Å². The van der Waals surface area contributed by atoms with Gasteiger partial charge in [0.1, 0.15) is 5.52 Å². The van der Waals surface area contributed by atoms with E-state index in [0.29, 0.717) is 34.2 Å². The highest BCUT2D eigenvalue weighted by Crippen LogP contribution is 2.20. The van der Waals surface area contributed by atoms with Crippen LogP contribution in [0.5, 0.6) is 0 Å². The van der Waals surface area contributed by atoms with Crippen LogP contribution >= 0.6 is 11.6 Å². The van der Waals surface area contributed by atoms with Crippen LogP contribution in [0.25, 0.3) is 11.1 Å². The van der Waals surface area contributed by atoms with E-state index >= 15 is 0 Å². The van der Waals surface area contributed by atoms with Gasteiger partial charge in [0.05, 0.1) is 0 Å². The number of nitrogens with zero attached hydrogens (tertiary/aromatic N) is 1. The van der Waals surface area contributed by atoms with Gasteiger partial charge in [0.15, 0.2) is 11.5 Å². The third-order valence-electron chi connectivity index (χ3n) is 4.25. The summed E-state index contributed by atoms with van der Waals surface area (Å²) in [5, 5.41) is 3.40. The number of aryl methyl sites for hydroxylation is 2. The predicted molar refractivity (Wildman–Crippen MR) is 107 cm³/mol. The molecule has 4 aromatic rings. The summed E-state index contributed by atoms with van der Waals surface area (Å²) in [5.74, 6) is 0.447. The molecule has 0 radical (unpaired) electrons. The van der Waals surface area contributed by atoms with Gasteiger partial charge in [-0.1, -0.05) is 48.0 Å². The number of fused-ring (bicyclic) bond motifs is 1. The van der Waals surface area contributed by atoms with Gasteiger partial charge in [-0.2, -0.15) is 0 Å². The molecule has 4 nitrogen and oxygen atoms in total. The van der Waals surface area contributed by atoms with Crippen LogP contribution in [0.1, 0.15) is 21.8 Å². The lowest BCUT2D eigenvalue weighted by atomic mass is 10.1. The van der Waals surface area contributed by atoms with Crippen LogP contribution in [0.4, 0.5) is 5.69 Å². The van der Waals surface area contributed by atoms with E-state index in [1.165, 1.54) is 5.56 Å². The van der Waals surface area contributed by atoms with Gasteiger partial charge in [0, 0.05) is 22.7 Å². The fourth-order valence-corrected chi connectivity index (χ4v) is 3.08. The maximum absolute atomic E-state index is 12.5. The Hall–Kier alpha value is -3.11. The number of carbonyl (C=O) groups is 1. The molecule has 4 rings (SSSR count). The van der Waals surface area contributed by atoms with Gasteiger partial charge in [-0.3, -0.25) is 4.79 Å². The lowest BCUT2D eigenvalue weighted by Crippen LogP contribution is -2.11. The fraction of sp³-hybridized carbons (Fsp3) is 0.0909. The number of hydrogen-bond donors (Lipinski definition) is 1. The van der Waals surface area contributed by atoms with Crippen LogP contribution in [-0.2, 0) is 12.8 Å². The van der Waals surface area contributed by atoms with E-state index in [4.69, 9.17) is 16.0 Å². The van der Waals surface area contributed by atoms with E-state index in [2.05, 4.69) is 22.4 Å². The SMILES string of the molecule is O=C(Nc1cccc(Cl)c1)c1ccc2nc(CCc3ccccc3)oc2c1. The van der Waals surface area contributed by atoms with Crippen molar-refractivity contribution in [1.82, 2.24) is 4.98 Å². The second-order valence-corrected chi connectivity index (χ2v) is 6.68. The van der Waals surface area contributed by atoms with Crippen molar-refractivity contribution in [3.05, 3.63) is 94.8 Å². The van der Waals surface area contributed by atoms with Gasteiger partial charge >= 0.3 is 0 Å². The number of carbonyl (C=O) groups excluding carboxylic acids is 1. The smallest absolute Gasteiger partial charge is 0.255 e. The Morgan fingerprint density at radius 2 is 1.81 bits per heavy atom. The molecule has 1 heterocycles. The van der Waals surface area contributed by atoms with Crippen LogP contribution in [0.15, 0.2) is 77.2 Å². The number of benzene rings is 3. The minimum absolute atomic E-state index is 0.221. The molecule has 27 heavy (non-hydrogen) atoms. The average molecular weight is 377 g/mol. The van der Waals surface area contributed by atoms with Gasteiger partial charge in [-0.05, 0) is 48.4 Å². The maximum Gasteiger partial charge on any atom is 0.255 e. The average Bonchev–Trinajstić information content (AvgIpc) is 3.09. The van der Waals surface area contributed by atoms with Crippen molar-refractivity contribution < 1.29 is 9.21 Å². The van der Waals surface area contributed by atoms with E-state index in [9.17, 15) is 4.79 Å². The zero-order valence-electron chi connectivity index (χ0n) is 14.5. The molecule has 1 amide bonds. The van der Waals surface area contributed by atoms with Gasteiger partial charge in [0.2, 0.25) is 0 Å². The third-order valence-corrected chi connectivity index (χ3v) is 4.48. The molecule has 0 spiro atoms. The van der Waals surface area contributed by atoms with E-state index < -0.39 is 0 Å². The Labute approximate surface area is 161 Å². The minimum atomic E-state index is -0.221. The Kier molecular flexibility index (Phi) is 4.90. The first kappa shape index (κ1) is 17.3. The van der Waals surface area contributed by atoms with Crippen LogP contribution in [0, 0.1) is 0 Å². The summed E-state index contributed by atoms with van der Waals surface area (Å²) in [5.41, 5.74) is 3.75. The number of anilines is 1. The topological polar surface area (TPSA) is 55.1 Å². The Bertz CT molecular complexity index is 1090. The van der Waals surface area contributed by atoms with Gasteiger partial charge in [0.25, 0.3) is 5.91 Å². The molecule has 5 heteroatoms. The molecule has 0 unspecified atom stereocenters. The normalized spacial score (nSPS) is 10.9. The number of oxazole rings is 1. The molecular weight excluding hydrogens is 360 g/mol. The van der Waals surface area contributed by atoms with Crippen molar-refractivity contribution in [2.45, 2.75) is 12.8 Å². The molecular formula is C22H17ClN2O2. The summed E-state index contributed by atoms with van der Waals surface area (Å²) in [6.45, 7) is 0. The number of rotatable bonds is 5. The van der Waals surface area contributed by atoms with Crippen LogP contribution in [0.2, 0.25) is 5.02 Å². The highest BCUT2D eigenvalue weighted by atomic mass is 35.5. The van der Waals surface area contributed by atoms with E-state index in [1.54, 1.807) is 42.5 Å². The highest BCUT2D eigenvalue weighted by molar-refractivity contribution is 6.31. The number of nitrogens with one attached hydrogen (secondary N) is 1. The first-order valence-corrected chi connectivity index (χ1v) is 9.05. The lowest BCUT2D eigenvalue weighted by Gasteiger charge is -2.05. The summed E-state index contributed by atoms with van der Waals surface area (Å²) in [7, 11) is 0. The molecule has 0 atom stereocenters. The number of hydrogen-bond acceptors (Lipinski definition) is 3. The standard InChI is InChI=1S/C22H17ClN2O2/c23-17-7-4-8-18(14-17)24-22(26)16-10-11-19-20(13-16)27-21(25-19)12-9-15-5-2-1-3-6-15/h1-8,10-11,13-14H,9,12H2,(H,24,26). The molecule has 0 fully saturated rings. The highest BCUT2D eigenvalue weighted by Gasteiger charge is 2.11. The summed E-state index contributed by atoms with van der Waals surface area (Å²) in [6, 6.07) is 22.5. The lowest BCUT2D eigenvalue weighted by molar-refractivity contribution is 0.102. The second-order valence-electron chi connectivity index (χ2n) is 6.24. The quantitative estimate of drug-likeness (QED) is 0.499. The zero-order chi connectivity index (χ0) is 18.6. The Balaban J connectivity index is 1.49. The molecule has 0 saturated carbocycles. The third kappa shape index (κ3) is 4.18. The van der Waals surface area contributed by atoms with E-state index in [0.717, 1.165) is 11.9 Å². The molecule has 1 aromatic heterocycles. The van der Waals surface area contributed by atoms with Crippen molar-refractivity contribution >= 4 is 34.3 Å². The molecule has 134 valence electrons. The molecule has 0 aliphatic heterocycles. The van der Waals surface area contributed by atoms with Crippen molar-refractivity contribution in [3.8, 4) is 0 Å². The molecule has 3 aromatic carbocycles. The van der Waals surface area contributed by atoms with Crippen molar-refractivity contribution in [3.63, 3.8) is 0 Å². The fourth-order valence-electron chi connectivity index (χ4n) is 2.89. The van der Waals surface area contributed by atoms with E-state index in [1.807, 2.05) is 18.2 Å². The maximum atomic E-state index is 12.5. The van der Waals surface area contributed by atoms with E-state index in [-0.39, 0.29) is 5.91 Å². The molecule has 0 aliphatic rings. The van der Waals surface area contributed by atoms with Gasteiger partial charge in [-0.15, -0.1) is 0 Å². The first-order valence-electron chi connectivity index (χ1n) is 8.68. The number of aromatic nitrogens is 1. The number of amides is 1. The minimum Gasteiger partial charge on any atom is -0.441 e. The zero-order valence-corrected chi connectivity index (χ0v) is 15.2. The predicted octanol–water partition coefficient (Wildman–Crippen LogP) is 5.52. The molecule has 0 bridgehead atoms. The Morgan fingerprint density at radius 3 is 2.63 bits per heavy atom. The largest absolute Gasteiger partial charge is 0.441 e. The monoisotopic (exact) mass is 376 g/mol.